The van der Waals surface area contributed by atoms with Gasteiger partial charge in [-0.2, -0.15) is 0 Å². The van der Waals surface area contributed by atoms with Crippen LogP contribution in [0.25, 0.3) is 0 Å². The van der Waals surface area contributed by atoms with Gasteiger partial charge >= 0.3 is 6.09 Å². The third-order valence-electron chi connectivity index (χ3n) is 3.60. The van der Waals surface area contributed by atoms with E-state index >= 15 is 0 Å². The van der Waals surface area contributed by atoms with Crippen molar-refractivity contribution in [2.45, 2.75) is 78.2 Å². The molecule has 0 aliphatic carbocycles. The van der Waals surface area contributed by atoms with Gasteiger partial charge in [0.15, 0.2) is 0 Å². The number of ether oxygens (including phenoxy) is 2. The van der Waals surface area contributed by atoms with E-state index in [-0.39, 0.29) is 12.1 Å². The van der Waals surface area contributed by atoms with Crippen molar-refractivity contribution in [1.29, 1.82) is 0 Å². The van der Waals surface area contributed by atoms with Gasteiger partial charge in [0.05, 0.1) is 6.10 Å². The molecule has 124 valence electrons. The fraction of sp³-hybridized carbons (Fsp3) is 0.938. The van der Waals surface area contributed by atoms with E-state index in [1.54, 1.807) is 0 Å². The smallest absolute Gasteiger partial charge is 0.407 e. The van der Waals surface area contributed by atoms with Gasteiger partial charge in [0.2, 0.25) is 0 Å². The fourth-order valence-corrected chi connectivity index (χ4v) is 2.45. The van der Waals surface area contributed by atoms with Crippen LogP contribution in [-0.4, -0.2) is 43.0 Å². The molecule has 1 saturated heterocycles. The first-order valence-corrected chi connectivity index (χ1v) is 8.02. The van der Waals surface area contributed by atoms with Gasteiger partial charge in [-0.15, -0.1) is 0 Å². The molecule has 0 radical (unpaired) electrons. The Hall–Kier alpha value is -0.810. The molecule has 3 atom stereocenters. The molecule has 3 unspecified atom stereocenters. The lowest BCUT2D eigenvalue weighted by Crippen LogP contribution is -2.51. The highest BCUT2D eigenvalue weighted by atomic mass is 16.6. The van der Waals surface area contributed by atoms with Crippen LogP contribution in [0, 0.1) is 5.92 Å². The Morgan fingerprint density at radius 1 is 1.38 bits per heavy atom. The molecule has 0 spiro atoms. The summed E-state index contributed by atoms with van der Waals surface area (Å²) in [6.07, 6.45) is 2.01. The highest BCUT2D eigenvalue weighted by Gasteiger charge is 2.24. The van der Waals surface area contributed by atoms with Crippen molar-refractivity contribution < 1.29 is 14.3 Å². The van der Waals surface area contributed by atoms with Crippen LogP contribution in [-0.2, 0) is 9.47 Å². The van der Waals surface area contributed by atoms with E-state index in [4.69, 9.17) is 9.47 Å². The highest BCUT2D eigenvalue weighted by molar-refractivity contribution is 5.67. The van der Waals surface area contributed by atoms with Gasteiger partial charge in [-0.25, -0.2) is 4.79 Å². The first-order valence-electron chi connectivity index (χ1n) is 8.02. The third-order valence-corrected chi connectivity index (χ3v) is 3.60. The van der Waals surface area contributed by atoms with Crippen molar-refractivity contribution in [1.82, 2.24) is 10.6 Å². The van der Waals surface area contributed by atoms with Crippen LogP contribution in [0.1, 0.15) is 54.4 Å². The number of hydrogen-bond acceptors (Lipinski definition) is 4. The van der Waals surface area contributed by atoms with Gasteiger partial charge in [-0.1, -0.05) is 13.8 Å². The second kappa shape index (κ2) is 7.99. The lowest BCUT2D eigenvalue weighted by Gasteiger charge is -2.33. The van der Waals surface area contributed by atoms with Gasteiger partial charge in [0.1, 0.15) is 5.60 Å². The largest absolute Gasteiger partial charge is 0.444 e. The SMILES string of the molecule is CC1CC(NC(CNC(=O)OC(C)(C)C)C(C)C)CCO1. The lowest BCUT2D eigenvalue weighted by molar-refractivity contribution is 0.00975. The molecule has 0 bridgehead atoms. The first kappa shape index (κ1) is 18.2. The second-order valence-electron chi connectivity index (χ2n) is 7.30. The number of hydrogen-bond donors (Lipinski definition) is 2. The maximum absolute atomic E-state index is 11.7. The van der Waals surface area contributed by atoms with Crippen molar-refractivity contribution >= 4 is 6.09 Å². The highest BCUT2D eigenvalue weighted by Crippen LogP contribution is 2.15. The zero-order valence-corrected chi connectivity index (χ0v) is 14.4. The Morgan fingerprint density at radius 2 is 2.05 bits per heavy atom. The minimum Gasteiger partial charge on any atom is -0.444 e. The molecule has 21 heavy (non-hydrogen) atoms. The molecule has 0 aromatic carbocycles. The summed E-state index contributed by atoms with van der Waals surface area (Å²) in [6.45, 7) is 13.4. The number of nitrogens with one attached hydrogen (secondary N) is 2. The summed E-state index contributed by atoms with van der Waals surface area (Å²) < 4.78 is 10.9. The molecule has 1 rings (SSSR count). The molecular weight excluding hydrogens is 268 g/mol. The molecule has 5 heteroatoms. The van der Waals surface area contributed by atoms with Crippen molar-refractivity contribution in [3.05, 3.63) is 0 Å². The van der Waals surface area contributed by atoms with Crippen LogP contribution in [0.4, 0.5) is 4.79 Å². The van der Waals surface area contributed by atoms with E-state index in [9.17, 15) is 4.79 Å². The van der Waals surface area contributed by atoms with E-state index < -0.39 is 5.60 Å². The zero-order chi connectivity index (χ0) is 16.0. The van der Waals surface area contributed by atoms with E-state index in [0.717, 1.165) is 19.4 Å². The van der Waals surface area contributed by atoms with Crippen LogP contribution in [0.15, 0.2) is 0 Å². The summed E-state index contributed by atoms with van der Waals surface area (Å²) in [7, 11) is 0. The molecule has 1 amide bonds. The van der Waals surface area contributed by atoms with Gasteiger partial charge in [0, 0.05) is 25.2 Å². The van der Waals surface area contributed by atoms with Crippen LogP contribution in [0.3, 0.4) is 0 Å². The van der Waals surface area contributed by atoms with Gasteiger partial charge in [0.25, 0.3) is 0 Å². The lowest BCUT2D eigenvalue weighted by atomic mass is 9.98. The van der Waals surface area contributed by atoms with Gasteiger partial charge < -0.3 is 20.1 Å². The van der Waals surface area contributed by atoms with Crippen LogP contribution < -0.4 is 10.6 Å². The quantitative estimate of drug-likeness (QED) is 0.819. The van der Waals surface area contributed by atoms with E-state index in [1.807, 2.05) is 20.8 Å². The number of carbonyl (C=O) groups is 1. The predicted molar refractivity (Wildman–Crippen MR) is 84.4 cm³/mol. The topological polar surface area (TPSA) is 59.6 Å². The van der Waals surface area contributed by atoms with E-state index in [0.29, 0.717) is 24.6 Å². The summed E-state index contributed by atoms with van der Waals surface area (Å²) >= 11 is 0. The summed E-state index contributed by atoms with van der Waals surface area (Å²) in [4.78, 5) is 11.7. The Labute approximate surface area is 129 Å². The molecule has 0 aromatic rings. The predicted octanol–water partition coefficient (Wildman–Crippen LogP) is 2.69. The van der Waals surface area contributed by atoms with E-state index in [2.05, 4.69) is 31.4 Å². The summed E-state index contributed by atoms with van der Waals surface area (Å²) in [5.74, 6) is 0.443. The average Bonchev–Trinajstić information content (AvgIpc) is 2.32. The number of rotatable bonds is 5. The first-order chi connectivity index (χ1) is 9.67. The number of alkyl carbamates (subject to hydrolysis) is 1. The molecule has 1 aliphatic heterocycles. The summed E-state index contributed by atoms with van der Waals surface area (Å²) in [5, 5.41) is 6.52. The van der Waals surface area contributed by atoms with Gasteiger partial charge in [-0.3, -0.25) is 0 Å². The molecule has 0 saturated carbocycles. The van der Waals surface area contributed by atoms with Crippen LogP contribution in [0.2, 0.25) is 0 Å². The monoisotopic (exact) mass is 300 g/mol. The summed E-state index contributed by atoms with van der Waals surface area (Å²) in [5.41, 5.74) is -0.457. The zero-order valence-electron chi connectivity index (χ0n) is 14.4. The number of carbonyl (C=O) groups excluding carboxylic acids is 1. The maximum atomic E-state index is 11.7. The van der Waals surface area contributed by atoms with E-state index in [1.165, 1.54) is 0 Å². The van der Waals surface area contributed by atoms with Crippen molar-refractivity contribution in [3.8, 4) is 0 Å². The Balaban J connectivity index is 2.41. The van der Waals surface area contributed by atoms with Gasteiger partial charge in [-0.05, 0) is 46.5 Å². The minimum absolute atomic E-state index is 0.243. The molecule has 1 heterocycles. The van der Waals surface area contributed by atoms with Crippen molar-refractivity contribution in [2.24, 2.45) is 5.92 Å². The fourth-order valence-electron chi connectivity index (χ4n) is 2.45. The normalized spacial score (nSPS) is 24.7. The Kier molecular flexibility index (Phi) is 6.94. The van der Waals surface area contributed by atoms with Crippen molar-refractivity contribution in [3.63, 3.8) is 0 Å². The van der Waals surface area contributed by atoms with Crippen LogP contribution >= 0.6 is 0 Å². The maximum Gasteiger partial charge on any atom is 0.407 e. The number of amides is 1. The summed E-state index contributed by atoms with van der Waals surface area (Å²) in [6, 6.07) is 0.703. The standard InChI is InChI=1S/C16H32N2O3/c1-11(2)14(10-17-15(19)21-16(4,5)6)18-13-7-8-20-12(3)9-13/h11-14,18H,7-10H2,1-6H3,(H,17,19). The molecule has 2 N–H and O–H groups in total. The Bertz CT molecular complexity index is 326. The average molecular weight is 300 g/mol. The molecule has 1 aliphatic rings. The third kappa shape index (κ3) is 7.67. The Morgan fingerprint density at radius 3 is 2.57 bits per heavy atom. The minimum atomic E-state index is -0.457. The second-order valence-corrected chi connectivity index (χ2v) is 7.30. The molecule has 5 nitrogen and oxygen atoms in total. The van der Waals surface area contributed by atoms with Crippen molar-refractivity contribution in [2.75, 3.05) is 13.2 Å². The molecular formula is C16H32N2O3. The molecule has 1 fully saturated rings. The van der Waals surface area contributed by atoms with Crippen LogP contribution in [0.5, 0.6) is 0 Å². The molecule has 0 aromatic heterocycles.